The number of thiazole rings is 1. The van der Waals surface area contributed by atoms with E-state index >= 15 is 0 Å². The first-order chi connectivity index (χ1) is 22.3. The van der Waals surface area contributed by atoms with Gasteiger partial charge in [0.15, 0.2) is 16.9 Å². The molecule has 2 atom stereocenters. The summed E-state index contributed by atoms with van der Waals surface area (Å²) in [6.45, 7) is -0.657. The van der Waals surface area contributed by atoms with Gasteiger partial charge in [0.25, 0.3) is 11.8 Å². The fourth-order valence-electron chi connectivity index (χ4n) is 4.78. The van der Waals surface area contributed by atoms with Crippen LogP contribution in [0, 0.1) is 0 Å². The highest BCUT2D eigenvalue weighted by molar-refractivity contribution is 8.00. The Bertz CT molecular complexity index is 1640. The maximum atomic E-state index is 13.5. The quantitative estimate of drug-likeness (QED) is 0.0750. The zero-order valence-corrected chi connectivity index (χ0v) is 26.6. The van der Waals surface area contributed by atoms with E-state index in [1.165, 1.54) is 33.8 Å². The predicted octanol–water partition coefficient (Wildman–Crippen LogP) is 2.87. The predicted molar refractivity (Wildman–Crippen MR) is 173 cm³/mol. The van der Waals surface area contributed by atoms with Gasteiger partial charge in [-0.2, -0.15) is 11.8 Å². The van der Waals surface area contributed by atoms with Crippen LogP contribution in [-0.4, -0.2) is 86.6 Å². The Morgan fingerprint density at radius 3 is 2.43 bits per heavy atom. The van der Waals surface area contributed by atoms with Crippen molar-refractivity contribution in [2.24, 2.45) is 5.16 Å². The smallest absolute Gasteiger partial charge is 0.352 e. The molecule has 2 aliphatic heterocycles. The second-order valence-electron chi connectivity index (χ2n) is 9.76. The van der Waals surface area contributed by atoms with Gasteiger partial charge in [-0.05, 0) is 23.0 Å². The summed E-state index contributed by atoms with van der Waals surface area (Å²) in [4.78, 5) is 72.9. The number of aromatic nitrogens is 1. The van der Waals surface area contributed by atoms with Crippen molar-refractivity contribution in [3.05, 3.63) is 94.1 Å². The number of nitrogens with zero attached hydrogens (tertiary/aromatic N) is 3. The zero-order chi connectivity index (χ0) is 32.6. The maximum Gasteiger partial charge on any atom is 0.352 e. The Morgan fingerprint density at radius 1 is 1.15 bits per heavy atom. The van der Waals surface area contributed by atoms with Crippen molar-refractivity contribution in [2.75, 3.05) is 29.7 Å². The van der Waals surface area contributed by atoms with Crippen molar-refractivity contribution in [1.29, 1.82) is 0 Å². The molecule has 0 radical (unpaired) electrons. The molecule has 5 rings (SSSR count). The number of fused-ring (bicyclic) bond motifs is 1. The van der Waals surface area contributed by atoms with Gasteiger partial charge in [0.1, 0.15) is 22.8 Å². The lowest BCUT2D eigenvalue weighted by molar-refractivity contribution is -0.153. The highest BCUT2D eigenvalue weighted by Crippen LogP contribution is 2.41. The fourth-order valence-corrected chi connectivity index (χ4v) is 7.50. The number of hydrogen-bond acceptors (Lipinski definition) is 12. The van der Waals surface area contributed by atoms with Gasteiger partial charge >= 0.3 is 11.9 Å². The van der Waals surface area contributed by atoms with Crippen molar-refractivity contribution < 1.29 is 38.7 Å². The minimum atomic E-state index is -1.21. The molecule has 3 aromatic rings. The number of esters is 1. The first kappa shape index (κ1) is 32.7. The number of thioether (sulfide) groups is 2. The summed E-state index contributed by atoms with van der Waals surface area (Å²) in [5, 5.41) is 19.6. The lowest BCUT2D eigenvalue weighted by Gasteiger charge is -2.49. The van der Waals surface area contributed by atoms with Gasteiger partial charge in [0, 0.05) is 16.9 Å². The topological polar surface area (TPSA) is 177 Å². The third-order valence-corrected chi connectivity index (χ3v) is 9.54. The number of carboxylic acids is 1. The summed E-state index contributed by atoms with van der Waals surface area (Å²) in [6, 6.07) is 17.3. The first-order valence-corrected chi connectivity index (χ1v) is 17.0. The average Bonchev–Trinajstić information content (AvgIpc) is 3.53. The van der Waals surface area contributed by atoms with E-state index in [1.807, 2.05) is 66.9 Å². The van der Waals surface area contributed by atoms with Gasteiger partial charge in [-0.3, -0.25) is 19.3 Å². The number of carboxylic acid groups (broad SMARTS) is 1. The van der Waals surface area contributed by atoms with Gasteiger partial charge in [-0.25, -0.2) is 14.6 Å². The number of ether oxygens (including phenoxy) is 1. The molecular weight excluding hydrogens is 655 g/mol. The number of aliphatic carboxylic acids is 1. The molecule has 1 saturated heterocycles. The molecule has 0 bridgehead atoms. The number of carbonyl (C=O) groups is 5. The number of rotatable bonds is 14. The van der Waals surface area contributed by atoms with E-state index in [9.17, 15) is 29.1 Å². The number of oxime groups is 1. The highest BCUT2D eigenvalue weighted by atomic mass is 32.2. The summed E-state index contributed by atoms with van der Waals surface area (Å²) in [5.41, 5.74) is 1.68. The van der Waals surface area contributed by atoms with Gasteiger partial charge < -0.3 is 25.3 Å². The molecule has 0 saturated carbocycles. The molecule has 0 aliphatic carbocycles. The molecule has 1 unspecified atom stereocenters. The number of hydrogen-bond donors (Lipinski definition) is 3. The van der Waals surface area contributed by atoms with Crippen LogP contribution in [0.15, 0.2) is 82.5 Å². The van der Waals surface area contributed by atoms with Crippen LogP contribution in [-0.2, 0) is 33.5 Å². The molecule has 3 heterocycles. The van der Waals surface area contributed by atoms with E-state index < -0.39 is 47.9 Å². The van der Waals surface area contributed by atoms with Crippen LogP contribution in [0.25, 0.3) is 0 Å². The van der Waals surface area contributed by atoms with Crippen LogP contribution < -0.4 is 10.6 Å². The van der Waals surface area contributed by atoms with Crippen molar-refractivity contribution in [2.45, 2.75) is 17.5 Å². The number of anilines is 1. The van der Waals surface area contributed by atoms with Crippen LogP contribution in [0.1, 0.15) is 22.9 Å². The molecule has 1 aromatic heterocycles. The number of carbonyl (C=O) groups excluding carboxylic acids is 4. The van der Waals surface area contributed by atoms with Crippen molar-refractivity contribution in [3.63, 3.8) is 0 Å². The van der Waals surface area contributed by atoms with E-state index in [4.69, 9.17) is 9.57 Å². The summed E-state index contributed by atoms with van der Waals surface area (Å²) in [7, 11) is 0. The zero-order valence-electron chi connectivity index (χ0n) is 24.2. The van der Waals surface area contributed by atoms with E-state index in [-0.39, 0.29) is 22.2 Å². The molecule has 46 heavy (non-hydrogen) atoms. The van der Waals surface area contributed by atoms with Crippen LogP contribution in [0.5, 0.6) is 0 Å². The van der Waals surface area contributed by atoms with Crippen LogP contribution in [0.2, 0.25) is 0 Å². The number of β-lactam (4-membered cyclic amide) rings is 1. The molecule has 238 valence electrons. The maximum absolute atomic E-state index is 13.5. The highest BCUT2D eigenvalue weighted by Gasteiger charge is 2.54. The minimum absolute atomic E-state index is 0.0139. The number of benzene rings is 2. The summed E-state index contributed by atoms with van der Waals surface area (Å²) >= 11 is 3.80. The summed E-state index contributed by atoms with van der Waals surface area (Å²) < 4.78 is 5.72. The van der Waals surface area contributed by atoms with E-state index in [0.29, 0.717) is 23.5 Å². The molecule has 2 aromatic carbocycles. The van der Waals surface area contributed by atoms with Crippen LogP contribution >= 0.6 is 34.9 Å². The fraction of sp³-hybridized carbons (Fsp3) is 0.233. The number of nitrogens with one attached hydrogen (secondary N) is 2. The Kier molecular flexibility index (Phi) is 10.7. The van der Waals surface area contributed by atoms with E-state index in [1.54, 1.807) is 0 Å². The van der Waals surface area contributed by atoms with Crippen LogP contribution in [0.3, 0.4) is 0 Å². The van der Waals surface area contributed by atoms with Gasteiger partial charge in [-0.1, -0.05) is 65.8 Å². The summed E-state index contributed by atoms with van der Waals surface area (Å²) in [6.07, 6.45) is 1.54. The monoisotopic (exact) mass is 681 g/mol. The van der Waals surface area contributed by atoms with E-state index in [0.717, 1.165) is 22.5 Å². The van der Waals surface area contributed by atoms with Gasteiger partial charge in [0.2, 0.25) is 13.0 Å². The molecule has 13 nitrogen and oxygen atoms in total. The molecule has 1 fully saturated rings. The molecular formula is C30H27N5O8S3. The second kappa shape index (κ2) is 15.1. The Morgan fingerprint density at radius 2 is 1.83 bits per heavy atom. The molecule has 2 aliphatic rings. The SMILES string of the molecule is CSCC1=C(C(=O)O)N2C(=O)C(NC(=O)/C(=N\OCC(=O)OC(c3ccccc3)c3ccccc3)c3csc(NC=O)n3)[C@H]2SC1. The molecule has 3 amide bonds. The van der Waals surface area contributed by atoms with Crippen molar-refractivity contribution in [1.82, 2.24) is 15.2 Å². The molecule has 16 heteroatoms. The van der Waals surface area contributed by atoms with Gasteiger partial charge in [0.05, 0.1) is 0 Å². The van der Waals surface area contributed by atoms with Crippen LogP contribution in [0.4, 0.5) is 5.13 Å². The largest absolute Gasteiger partial charge is 0.477 e. The van der Waals surface area contributed by atoms with E-state index in [2.05, 4.69) is 20.8 Å². The number of amides is 3. The molecule has 3 N–H and O–H groups in total. The Balaban J connectivity index is 1.31. The van der Waals surface area contributed by atoms with Crippen molar-refractivity contribution in [3.8, 4) is 0 Å². The lowest BCUT2D eigenvalue weighted by atomic mass is 10.0. The lowest BCUT2D eigenvalue weighted by Crippen LogP contribution is -2.71. The minimum Gasteiger partial charge on any atom is -0.477 e. The van der Waals surface area contributed by atoms with Gasteiger partial charge in [-0.15, -0.1) is 23.1 Å². The Labute approximate surface area is 275 Å². The first-order valence-electron chi connectivity index (χ1n) is 13.7. The third-order valence-electron chi connectivity index (χ3n) is 6.79. The Hall–Kier alpha value is -4.67. The molecule has 0 spiro atoms. The average molecular weight is 682 g/mol. The normalized spacial score (nSPS) is 17.6. The third kappa shape index (κ3) is 7.24. The second-order valence-corrected chi connectivity index (χ2v) is 12.6. The standard InChI is InChI=1S/C30H27N5O8S3/c1-44-13-19-14-45-28-23(27(39)35(28)24(19)29(40)41)33-26(38)22(20-15-46-30(32-20)31-16-36)34-42-12-21(37)43-25(17-8-4-2-5-9-17)18-10-6-3-7-11-18/h2-11,15-16,23,25,28H,12-14H2,1H3,(H,33,38)(H,40,41)(H,31,32,36)/b34-22-/t23?,28-/m1/s1. The summed E-state index contributed by atoms with van der Waals surface area (Å²) in [5.74, 6) is -2.57. The van der Waals surface area contributed by atoms with Crippen molar-refractivity contribution >= 4 is 75.9 Å².